The summed E-state index contributed by atoms with van der Waals surface area (Å²) in [4.78, 5) is 51.7. The minimum absolute atomic E-state index is 0.0392. The van der Waals surface area contributed by atoms with Crippen molar-refractivity contribution < 1.29 is 22.8 Å². The second-order valence-electron chi connectivity index (χ2n) is 11.6. The normalized spacial score (nSPS) is 22.0. The van der Waals surface area contributed by atoms with Gasteiger partial charge in [0.1, 0.15) is 6.04 Å². The molecule has 0 spiro atoms. The molecule has 3 amide bonds. The van der Waals surface area contributed by atoms with E-state index >= 15 is 0 Å². The van der Waals surface area contributed by atoms with E-state index in [9.17, 15) is 27.6 Å². The molecule has 5 rings (SSSR count). The van der Waals surface area contributed by atoms with Gasteiger partial charge in [-0.2, -0.15) is 17.0 Å². The van der Waals surface area contributed by atoms with Gasteiger partial charge in [-0.15, -0.1) is 0 Å². The molecule has 1 aromatic carbocycles. The van der Waals surface area contributed by atoms with Crippen molar-refractivity contribution in [2.45, 2.75) is 69.9 Å². The number of fused-ring (bicyclic) bond motifs is 1. The Balaban J connectivity index is 1.12. The zero-order valence-electron chi connectivity index (χ0n) is 24.2. The third kappa shape index (κ3) is 6.31. The van der Waals surface area contributed by atoms with Crippen LogP contribution in [-0.2, 0) is 38.1 Å². The summed E-state index contributed by atoms with van der Waals surface area (Å²) in [6.07, 6.45) is 5.02. The van der Waals surface area contributed by atoms with Gasteiger partial charge in [0.15, 0.2) is 0 Å². The van der Waals surface area contributed by atoms with Gasteiger partial charge in [-0.25, -0.2) is 4.79 Å². The van der Waals surface area contributed by atoms with Crippen molar-refractivity contribution >= 4 is 39.0 Å². The first-order valence-electron chi connectivity index (χ1n) is 14.9. The zero-order chi connectivity index (χ0) is 30.0. The highest BCUT2D eigenvalue weighted by Crippen LogP contribution is 2.24. The second kappa shape index (κ2) is 12.7. The number of unbranched alkanes of at least 4 members (excludes halogenated alkanes) is 1. The number of imide groups is 1. The molecule has 3 N–H and O–H groups in total. The van der Waals surface area contributed by atoms with Crippen LogP contribution in [0.5, 0.6) is 0 Å². The molecule has 4 heterocycles. The molecule has 3 aliphatic heterocycles. The monoisotopic (exact) mass is 603 g/mol. The van der Waals surface area contributed by atoms with E-state index in [0.717, 1.165) is 23.9 Å². The molecule has 42 heavy (non-hydrogen) atoms. The van der Waals surface area contributed by atoms with E-state index in [2.05, 4.69) is 5.32 Å². The Hall–Kier alpha value is -3.07. The topological polar surface area (TPSA) is 160 Å². The van der Waals surface area contributed by atoms with Gasteiger partial charge in [-0.05, 0) is 62.6 Å². The number of imidazole rings is 1. The summed E-state index contributed by atoms with van der Waals surface area (Å²) in [7, 11) is -1.88. The summed E-state index contributed by atoms with van der Waals surface area (Å²) in [6.45, 7) is 2.53. The number of piperidine rings is 2. The van der Waals surface area contributed by atoms with Crippen molar-refractivity contribution in [1.82, 2.24) is 28.0 Å². The number of nitrogens with zero attached hydrogens (tertiary/aromatic N) is 5. The van der Waals surface area contributed by atoms with Gasteiger partial charge in [0.05, 0.1) is 11.0 Å². The highest BCUT2D eigenvalue weighted by atomic mass is 32.2. The maximum absolute atomic E-state index is 13.1. The first-order chi connectivity index (χ1) is 20.1. The van der Waals surface area contributed by atoms with Crippen molar-refractivity contribution in [2.24, 2.45) is 12.8 Å². The van der Waals surface area contributed by atoms with Crippen LogP contribution in [0.15, 0.2) is 23.0 Å². The number of nitrogens with two attached hydrogens (primary N) is 1. The predicted octanol–water partition coefficient (Wildman–Crippen LogP) is 0.233. The Morgan fingerprint density at radius 3 is 2.43 bits per heavy atom. The number of carbonyl (C=O) groups excluding carboxylic acids is 3. The van der Waals surface area contributed by atoms with Gasteiger partial charge in [0, 0.05) is 65.2 Å². The summed E-state index contributed by atoms with van der Waals surface area (Å²) in [6, 6.07) is 5.06. The van der Waals surface area contributed by atoms with Crippen molar-refractivity contribution in [3.8, 4) is 0 Å². The molecule has 14 heteroatoms. The minimum Gasteiger partial charge on any atom is -0.341 e. The summed E-state index contributed by atoms with van der Waals surface area (Å²) in [5.41, 5.74) is 8.03. The van der Waals surface area contributed by atoms with Gasteiger partial charge in [-0.1, -0.05) is 6.07 Å². The van der Waals surface area contributed by atoms with Crippen LogP contribution in [-0.4, -0.2) is 94.1 Å². The van der Waals surface area contributed by atoms with Gasteiger partial charge >= 0.3 is 5.69 Å². The molecular formula is C28H41N7O6S. The van der Waals surface area contributed by atoms with Crippen molar-refractivity contribution in [3.63, 3.8) is 0 Å². The van der Waals surface area contributed by atoms with Crippen LogP contribution in [0.3, 0.4) is 0 Å². The van der Waals surface area contributed by atoms with E-state index < -0.39 is 22.2 Å². The standard InChI is InChI=1S/C28H41N7O6S/c1-31-24-19-20(7-8-22(24)35(28(31)39)23-9-10-25(36)30-27(23)38)5-2-3-6-26(37)32-13-4-14-33(18-17-32)42(40,41)34-15-11-21(29)12-16-34/h7-8,19,21,23H,2-6,9-18,29H2,1H3,(H,30,36,38). The second-order valence-corrected chi connectivity index (χ2v) is 13.5. The van der Waals surface area contributed by atoms with Crippen molar-refractivity contribution in [3.05, 3.63) is 34.2 Å². The lowest BCUT2D eigenvalue weighted by molar-refractivity contribution is -0.136. The van der Waals surface area contributed by atoms with Gasteiger partial charge < -0.3 is 10.6 Å². The fraction of sp³-hybridized carbons (Fsp3) is 0.643. The quantitative estimate of drug-likeness (QED) is 0.323. The fourth-order valence-corrected chi connectivity index (χ4v) is 7.87. The molecule has 3 saturated heterocycles. The number of nitrogens with one attached hydrogen (secondary N) is 1. The molecular weight excluding hydrogens is 562 g/mol. The minimum atomic E-state index is -3.55. The number of hydrogen-bond donors (Lipinski definition) is 2. The number of aromatic nitrogens is 2. The molecule has 2 aromatic rings. The van der Waals surface area contributed by atoms with E-state index in [1.807, 2.05) is 18.2 Å². The Bertz CT molecular complexity index is 1510. The average Bonchev–Trinajstić information content (AvgIpc) is 3.12. The largest absolute Gasteiger partial charge is 0.341 e. The number of benzene rings is 1. The Morgan fingerprint density at radius 1 is 0.952 bits per heavy atom. The third-order valence-electron chi connectivity index (χ3n) is 8.74. The predicted molar refractivity (Wildman–Crippen MR) is 157 cm³/mol. The summed E-state index contributed by atoms with van der Waals surface area (Å²) in [5, 5.41) is 2.32. The van der Waals surface area contributed by atoms with Crippen molar-refractivity contribution in [1.29, 1.82) is 0 Å². The molecule has 3 fully saturated rings. The molecule has 230 valence electrons. The highest BCUT2D eigenvalue weighted by Gasteiger charge is 2.34. The lowest BCUT2D eigenvalue weighted by atomic mass is 10.0. The van der Waals surface area contributed by atoms with Crippen LogP contribution in [0, 0.1) is 0 Å². The molecule has 1 aromatic heterocycles. The Morgan fingerprint density at radius 2 is 1.69 bits per heavy atom. The molecule has 0 aliphatic carbocycles. The van der Waals surface area contributed by atoms with E-state index in [1.165, 1.54) is 17.7 Å². The highest BCUT2D eigenvalue weighted by molar-refractivity contribution is 7.86. The maximum Gasteiger partial charge on any atom is 0.329 e. The molecule has 0 radical (unpaired) electrons. The van der Waals surface area contributed by atoms with E-state index in [-0.39, 0.29) is 36.4 Å². The lowest BCUT2D eigenvalue weighted by Crippen LogP contribution is -2.50. The number of carbonyl (C=O) groups is 3. The fourth-order valence-electron chi connectivity index (χ4n) is 6.20. The first-order valence-corrected chi connectivity index (χ1v) is 16.3. The average molecular weight is 604 g/mol. The molecule has 1 unspecified atom stereocenters. The van der Waals surface area contributed by atoms with Crippen LogP contribution in [0.25, 0.3) is 11.0 Å². The SMILES string of the molecule is Cn1c(=O)n(C2CCC(=O)NC2=O)c2ccc(CCCCC(=O)N3CCCN(S(=O)(=O)N4CCC(N)CC4)CC3)cc21. The molecule has 0 saturated carbocycles. The molecule has 13 nitrogen and oxygen atoms in total. The Kier molecular flexibility index (Phi) is 9.16. The van der Waals surface area contributed by atoms with Gasteiger partial charge in [0.2, 0.25) is 17.7 Å². The lowest BCUT2D eigenvalue weighted by Gasteiger charge is -2.33. The molecule has 1 atom stereocenters. The first kappa shape index (κ1) is 30.4. The van der Waals surface area contributed by atoms with E-state index in [0.29, 0.717) is 76.9 Å². The number of rotatable bonds is 8. The number of hydrogen-bond acceptors (Lipinski definition) is 7. The van der Waals surface area contributed by atoms with Gasteiger partial charge in [-0.3, -0.25) is 28.8 Å². The maximum atomic E-state index is 13.1. The Labute approximate surface area is 245 Å². The van der Waals surface area contributed by atoms with Crippen LogP contribution in [0.4, 0.5) is 0 Å². The van der Waals surface area contributed by atoms with E-state index in [1.54, 1.807) is 11.9 Å². The van der Waals surface area contributed by atoms with Crippen molar-refractivity contribution in [2.75, 3.05) is 39.3 Å². The summed E-state index contributed by atoms with van der Waals surface area (Å²) >= 11 is 0. The van der Waals surface area contributed by atoms with E-state index in [4.69, 9.17) is 5.73 Å². The van der Waals surface area contributed by atoms with Crippen LogP contribution in [0.1, 0.15) is 63.0 Å². The third-order valence-corrected chi connectivity index (χ3v) is 10.8. The van der Waals surface area contributed by atoms with Gasteiger partial charge in [0.25, 0.3) is 10.2 Å². The van der Waals surface area contributed by atoms with Crippen LogP contribution >= 0.6 is 0 Å². The molecule has 3 aliphatic rings. The molecule has 0 bridgehead atoms. The van der Waals surface area contributed by atoms with Crippen LogP contribution in [0.2, 0.25) is 0 Å². The number of aryl methyl sites for hydroxylation is 2. The number of amides is 3. The van der Waals surface area contributed by atoms with Crippen LogP contribution < -0.4 is 16.7 Å². The zero-order valence-corrected chi connectivity index (χ0v) is 25.0. The summed E-state index contributed by atoms with van der Waals surface area (Å²) < 4.78 is 32.2. The smallest absolute Gasteiger partial charge is 0.329 e. The summed E-state index contributed by atoms with van der Waals surface area (Å²) in [5.74, 6) is -0.743.